The number of esters is 2. The van der Waals surface area contributed by atoms with Crippen LogP contribution in [0.5, 0.6) is 0 Å². The fourth-order valence-electron chi connectivity index (χ4n) is 1.65. The molecule has 0 N–H and O–H groups in total. The summed E-state index contributed by atoms with van der Waals surface area (Å²) in [7, 11) is -5.34. The van der Waals surface area contributed by atoms with Crippen LogP contribution in [-0.2, 0) is 33.4 Å². The van der Waals surface area contributed by atoms with E-state index < -0.39 is 83.0 Å². The highest BCUT2D eigenvalue weighted by atomic mass is 32.2. The van der Waals surface area contributed by atoms with E-state index in [1.165, 1.54) is 0 Å². The van der Waals surface area contributed by atoms with Gasteiger partial charge in [-0.15, -0.1) is 0 Å². The predicted octanol–water partition coefficient (Wildman–Crippen LogP) is 3.47. The predicted molar refractivity (Wildman–Crippen MR) is 78.1 cm³/mol. The summed E-state index contributed by atoms with van der Waals surface area (Å²) in [5.41, 5.74) is 0. The van der Waals surface area contributed by atoms with Crippen molar-refractivity contribution in [3.05, 3.63) is 0 Å². The maximum atomic E-state index is 13.2. The molecule has 0 aliphatic rings. The maximum Gasteiger partial charge on any atom is 0.460 e. The molecule has 0 aromatic rings. The minimum absolute atomic E-state index is 0.200. The highest BCUT2D eigenvalue weighted by molar-refractivity contribution is 7.88. The lowest BCUT2D eigenvalue weighted by atomic mass is 10.1. The molecule has 208 valence electrons. The SMILES string of the molecule is COS(=O)(=O)C(CC(=O)OCC(F)(F)C(F)(F)C(F)(F)F)C(=O)OCC(F)(F)C(F)(F)C(F)(F)F. The first-order valence-electron chi connectivity index (χ1n) is 7.94. The monoisotopic (exact) mass is 576 g/mol. The molecule has 0 aromatic heterocycles. The van der Waals surface area contributed by atoms with Crippen LogP contribution in [-0.4, -0.2) is 82.0 Å². The Bertz CT molecular complexity index is 878. The lowest BCUT2D eigenvalue weighted by Crippen LogP contribution is -2.55. The minimum Gasteiger partial charge on any atom is -0.459 e. The average Bonchev–Trinajstić information content (AvgIpc) is 2.66. The molecule has 1 atom stereocenters. The van der Waals surface area contributed by atoms with Crippen LogP contribution in [0.1, 0.15) is 6.42 Å². The van der Waals surface area contributed by atoms with Gasteiger partial charge in [0.25, 0.3) is 10.1 Å². The molecule has 0 saturated heterocycles. The Kier molecular flexibility index (Phi) is 9.47. The fraction of sp³-hybridized carbons (Fsp3) is 0.846. The molecular formula is C13H10F14O7S. The van der Waals surface area contributed by atoms with Gasteiger partial charge in [0.05, 0.1) is 13.5 Å². The lowest BCUT2D eigenvalue weighted by molar-refractivity contribution is -0.360. The smallest absolute Gasteiger partial charge is 0.459 e. The molecule has 0 rings (SSSR count). The molecule has 1 unspecified atom stereocenters. The summed E-state index contributed by atoms with van der Waals surface area (Å²) < 4.78 is 209. The molecule has 0 aromatic carbocycles. The van der Waals surface area contributed by atoms with Crippen molar-refractivity contribution >= 4 is 22.1 Å². The third-order valence-electron chi connectivity index (χ3n) is 3.64. The zero-order valence-corrected chi connectivity index (χ0v) is 17.1. The highest BCUT2D eigenvalue weighted by Gasteiger charge is 2.74. The highest BCUT2D eigenvalue weighted by Crippen LogP contribution is 2.47. The average molecular weight is 576 g/mol. The van der Waals surface area contributed by atoms with E-state index in [1.807, 2.05) is 0 Å². The van der Waals surface area contributed by atoms with Crippen LogP contribution < -0.4 is 0 Å². The van der Waals surface area contributed by atoms with Gasteiger partial charge in [-0.25, -0.2) is 0 Å². The van der Waals surface area contributed by atoms with Gasteiger partial charge >= 0.3 is 48.0 Å². The van der Waals surface area contributed by atoms with Crippen LogP contribution in [0.4, 0.5) is 61.5 Å². The van der Waals surface area contributed by atoms with Crippen LogP contribution >= 0.6 is 0 Å². The van der Waals surface area contributed by atoms with Crippen molar-refractivity contribution in [3.8, 4) is 0 Å². The Balaban J connectivity index is 5.60. The quantitative estimate of drug-likeness (QED) is 0.211. The summed E-state index contributed by atoms with van der Waals surface area (Å²) in [6, 6.07) is 0. The number of alkyl halides is 14. The topological polar surface area (TPSA) is 96.0 Å². The van der Waals surface area contributed by atoms with E-state index in [1.54, 1.807) is 0 Å². The minimum atomic E-state index is -6.89. The number of rotatable bonds is 11. The van der Waals surface area contributed by atoms with Crippen molar-refractivity contribution in [2.45, 2.75) is 47.7 Å². The molecular weight excluding hydrogens is 566 g/mol. The second-order valence-electron chi connectivity index (χ2n) is 6.17. The molecule has 0 fully saturated rings. The van der Waals surface area contributed by atoms with Crippen molar-refractivity contribution in [3.63, 3.8) is 0 Å². The Hall–Kier alpha value is -2.13. The largest absolute Gasteiger partial charge is 0.460 e. The molecule has 0 spiro atoms. The number of hydrogen-bond donors (Lipinski definition) is 0. The molecule has 0 aliphatic heterocycles. The maximum absolute atomic E-state index is 13.2. The summed E-state index contributed by atoms with van der Waals surface area (Å²) >= 11 is 0. The van der Waals surface area contributed by atoms with Gasteiger partial charge in [-0.05, 0) is 0 Å². The van der Waals surface area contributed by atoms with Gasteiger partial charge < -0.3 is 9.47 Å². The Morgan fingerprint density at radius 1 is 0.686 bits per heavy atom. The second kappa shape index (κ2) is 10.1. The van der Waals surface area contributed by atoms with Crippen molar-refractivity contribution < 1.29 is 93.1 Å². The van der Waals surface area contributed by atoms with Crippen molar-refractivity contribution in [1.82, 2.24) is 0 Å². The van der Waals surface area contributed by atoms with Crippen molar-refractivity contribution in [2.24, 2.45) is 0 Å². The number of hydrogen-bond acceptors (Lipinski definition) is 7. The summed E-state index contributed by atoms with van der Waals surface area (Å²) in [4.78, 5) is 23.0. The Labute approximate surface area is 184 Å². The first kappa shape index (κ1) is 32.9. The van der Waals surface area contributed by atoms with Crippen molar-refractivity contribution in [2.75, 3.05) is 20.3 Å². The molecule has 0 saturated carbocycles. The summed E-state index contributed by atoms with van der Waals surface area (Å²) in [6.07, 6.45) is -15.9. The Morgan fingerprint density at radius 3 is 1.34 bits per heavy atom. The van der Waals surface area contributed by atoms with Gasteiger partial charge in [0, 0.05) is 0 Å². The number of halogens is 14. The molecule has 35 heavy (non-hydrogen) atoms. The zero-order chi connectivity index (χ0) is 28.5. The van der Waals surface area contributed by atoms with E-state index in [-0.39, 0.29) is 7.11 Å². The van der Waals surface area contributed by atoms with Crippen LogP contribution in [0.25, 0.3) is 0 Å². The zero-order valence-electron chi connectivity index (χ0n) is 16.3. The molecule has 0 aliphatic carbocycles. The van der Waals surface area contributed by atoms with E-state index in [2.05, 4.69) is 13.7 Å². The van der Waals surface area contributed by atoms with E-state index in [0.717, 1.165) is 0 Å². The van der Waals surface area contributed by atoms with E-state index in [0.29, 0.717) is 0 Å². The molecule has 7 nitrogen and oxygen atoms in total. The van der Waals surface area contributed by atoms with Crippen molar-refractivity contribution in [1.29, 1.82) is 0 Å². The number of carbonyl (C=O) groups excluding carboxylic acids is 2. The normalized spacial score (nSPS) is 15.5. The van der Waals surface area contributed by atoms with Crippen LogP contribution in [0.2, 0.25) is 0 Å². The lowest BCUT2D eigenvalue weighted by Gasteiger charge is -2.28. The van der Waals surface area contributed by atoms with Gasteiger partial charge in [-0.1, -0.05) is 0 Å². The van der Waals surface area contributed by atoms with Crippen LogP contribution in [0, 0.1) is 0 Å². The van der Waals surface area contributed by atoms with Gasteiger partial charge in [0.2, 0.25) is 0 Å². The molecule has 0 radical (unpaired) electrons. The first-order chi connectivity index (χ1) is 15.2. The summed E-state index contributed by atoms with van der Waals surface area (Å²) in [5.74, 6) is -31.2. The van der Waals surface area contributed by atoms with E-state index in [4.69, 9.17) is 0 Å². The third-order valence-corrected chi connectivity index (χ3v) is 5.16. The van der Waals surface area contributed by atoms with Gasteiger partial charge in [0.15, 0.2) is 18.5 Å². The van der Waals surface area contributed by atoms with Gasteiger partial charge in [-0.3, -0.25) is 13.8 Å². The van der Waals surface area contributed by atoms with Crippen LogP contribution in [0.3, 0.4) is 0 Å². The van der Waals surface area contributed by atoms with Gasteiger partial charge in [0.1, 0.15) is 0 Å². The van der Waals surface area contributed by atoms with Gasteiger partial charge in [-0.2, -0.15) is 69.9 Å². The number of carbonyl (C=O) groups is 2. The Morgan fingerprint density at radius 2 is 1.03 bits per heavy atom. The second-order valence-corrected chi connectivity index (χ2v) is 8.06. The first-order valence-corrected chi connectivity index (χ1v) is 9.41. The number of ether oxygens (including phenoxy) is 2. The summed E-state index contributed by atoms with van der Waals surface area (Å²) in [5, 5.41) is -3.31. The summed E-state index contributed by atoms with van der Waals surface area (Å²) in [6.45, 7) is -6.22. The standard InChI is InChI=1S/C13H10F14O7S/c1-32-35(30,31)5(7(29)34-4-9(16,17)11(20,21)13(25,26)27)2-6(28)33-3-8(14,15)10(18,19)12(22,23)24/h5H,2-4H2,1H3. The van der Waals surface area contributed by atoms with E-state index >= 15 is 0 Å². The van der Waals surface area contributed by atoms with E-state index in [9.17, 15) is 79.5 Å². The molecule has 0 heterocycles. The fourth-order valence-corrected chi connectivity index (χ4v) is 2.53. The molecule has 22 heteroatoms. The molecule has 0 amide bonds. The third kappa shape index (κ3) is 7.19. The van der Waals surface area contributed by atoms with Crippen LogP contribution in [0.15, 0.2) is 0 Å². The molecule has 0 bridgehead atoms.